The van der Waals surface area contributed by atoms with Crippen molar-refractivity contribution in [2.24, 2.45) is 5.73 Å². The van der Waals surface area contributed by atoms with Crippen molar-refractivity contribution in [3.63, 3.8) is 0 Å². The van der Waals surface area contributed by atoms with Gasteiger partial charge in [0, 0.05) is 19.5 Å². The minimum atomic E-state index is 0.682. The van der Waals surface area contributed by atoms with Crippen molar-refractivity contribution in [1.82, 2.24) is 5.32 Å². The van der Waals surface area contributed by atoms with Gasteiger partial charge in [-0.3, -0.25) is 0 Å². The van der Waals surface area contributed by atoms with Crippen molar-refractivity contribution in [3.05, 3.63) is 23.8 Å². The van der Waals surface area contributed by atoms with E-state index in [1.165, 1.54) is 5.56 Å². The van der Waals surface area contributed by atoms with Crippen LogP contribution in [0.1, 0.15) is 12.0 Å². The molecule has 0 radical (unpaired) electrons. The summed E-state index contributed by atoms with van der Waals surface area (Å²) in [6, 6.07) is 6.17. The normalized spacial score (nSPS) is 14.4. The third kappa shape index (κ3) is 3.61. The van der Waals surface area contributed by atoms with E-state index in [2.05, 4.69) is 17.4 Å². The maximum absolute atomic E-state index is 5.65. The van der Waals surface area contributed by atoms with Gasteiger partial charge in [-0.15, -0.1) is 0 Å². The fraction of sp³-hybridized carbons (Fsp3) is 0.538. The number of ether oxygens (including phenoxy) is 2. The zero-order valence-electron chi connectivity index (χ0n) is 10.1. The lowest BCUT2D eigenvalue weighted by atomic mass is 10.1. The second-order valence-corrected chi connectivity index (χ2v) is 4.12. The quantitative estimate of drug-likeness (QED) is 0.747. The van der Waals surface area contributed by atoms with Crippen molar-refractivity contribution in [2.75, 3.05) is 32.8 Å². The Morgan fingerprint density at radius 3 is 2.76 bits per heavy atom. The molecule has 0 atom stereocenters. The Morgan fingerprint density at radius 1 is 1.12 bits per heavy atom. The highest BCUT2D eigenvalue weighted by atomic mass is 16.5. The van der Waals surface area contributed by atoms with E-state index in [1.807, 2.05) is 6.07 Å². The molecular formula is C13H20N2O2. The standard InChI is InChI=1S/C13H20N2O2/c14-5-7-15-6-4-11-2-3-12-13(10-11)17-9-1-8-16-12/h2-3,10,15H,1,4-9,14H2. The Kier molecular flexibility index (Phi) is 4.64. The fourth-order valence-corrected chi connectivity index (χ4v) is 1.82. The van der Waals surface area contributed by atoms with Crippen LogP contribution in [0.5, 0.6) is 11.5 Å². The molecular weight excluding hydrogens is 216 g/mol. The highest BCUT2D eigenvalue weighted by molar-refractivity contribution is 5.43. The molecule has 1 aromatic rings. The van der Waals surface area contributed by atoms with Crippen LogP contribution in [-0.2, 0) is 6.42 Å². The summed E-state index contributed by atoms with van der Waals surface area (Å²) in [5.74, 6) is 1.74. The van der Waals surface area contributed by atoms with Crippen LogP contribution in [0.15, 0.2) is 18.2 Å². The molecule has 94 valence electrons. The monoisotopic (exact) mass is 236 g/mol. The number of hydrogen-bond acceptors (Lipinski definition) is 4. The minimum Gasteiger partial charge on any atom is -0.490 e. The average molecular weight is 236 g/mol. The van der Waals surface area contributed by atoms with Gasteiger partial charge in [0.25, 0.3) is 0 Å². The first-order valence-corrected chi connectivity index (χ1v) is 6.19. The molecule has 3 N–H and O–H groups in total. The summed E-state index contributed by atoms with van der Waals surface area (Å²) in [5.41, 5.74) is 6.68. The molecule has 0 amide bonds. The number of hydrogen-bond donors (Lipinski definition) is 2. The van der Waals surface area contributed by atoms with Gasteiger partial charge in [-0.2, -0.15) is 0 Å². The van der Waals surface area contributed by atoms with E-state index in [0.29, 0.717) is 6.54 Å². The highest BCUT2D eigenvalue weighted by Gasteiger charge is 2.10. The lowest BCUT2D eigenvalue weighted by Gasteiger charge is -2.09. The number of fused-ring (bicyclic) bond motifs is 1. The van der Waals surface area contributed by atoms with Crippen LogP contribution in [0.4, 0.5) is 0 Å². The van der Waals surface area contributed by atoms with Gasteiger partial charge >= 0.3 is 0 Å². The van der Waals surface area contributed by atoms with E-state index in [-0.39, 0.29) is 0 Å². The van der Waals surface area contributed by atoms with E-state index < -0.39 is 0 Å². The predicted octanol–water partition coefficient (Wildman–Crippen LogP) is 0.939. The molecule has 1 aliphatic rings. The van der Waals surface area contributed by atoms with Gasteiger partial charge in [0.15, 0.2) is 11.5 Å². The predicted molar refractivity (Wildman–Crippen MR) is 67.7 cm³/mol. The van der Waals surface area contributed by atoms with Crippen LogP contribution < -0.4 is 20.5 Å². The van der Waals surface area contributed by atoms with E-state index >= 15 is 0 Å². The van der Waals surface area contributed by atoms with Crippen molar-refractivity contribution in [1.29, 1.82) is 0 Å². The van der Waals surface area contributed by atoms with Crippen LogP contribution in [-0.4, -0.2) is 32.8 Å². The fourth-order valence-electron chi connectivity index (χ4n) is 1.82. The molecule has 4 nitrogen and oxygen atoms in total. The SMILES string of the molecule is NCCNCCc1ccc2c(c1)OCCCO2. The van der Waals surface area contributed by atoms with E-state index in [1.54, 1.807) is 0 Å². The Labute approximate surface area is 102 Å². The number of nitrogens with one attached hydrogen (secondary N) is 1. The van der Waals surface area contributed by atoms with Crippen LogP contribution in [0, 0.1) is 0 Å². The largest absolute Gasteiger partial charge is 0.490 e. The molecule has 2 rings (SSSR count). The summed E-state index contributed by atoms with van der Waals surface area (Å²) in [7, 11) is 0. The van der Waals surface area contributed by atoms with Gasteiger partial charge in [-0.05, 0) is 30.7 Å². The summed E-state index contributed by atoms with van der Waals surface area (Å²) < 4.78 is 11.2. The third-order valence-corrected chi connectivity index (χ3v) is 2.72. The minimum absolute atomic E-state index is 0.682. The Balaban J connectivity index is 1.93. The van der Waals surface area contributed by atoms with Gasteiger partial charge in [-0.1, -0.05) is 6.07 Å². The van der Waals surface area contributed by atoms with Crippen LogP contribution in [0.3, 0.4) is 0 Å². The molecule has 0 saturated heterocycles. The molecule has 0 fully saturated rings. The van der Waals surface area contributed by atoms with E-state index in [0.717, 1.165) is 50.6 Å². The van der Waals surface area contributed by atoms with Crippen molar-refractivity contribution in [3.8, 4) is 11.5 Å². The second kappa shape index (κ2) is 6.47. The summed E-state index contributed by atoms with van der Waals surface area (Å²) >= 11 is 0. The lowest BCUT2D eigenvalue weighted by Crippen LogP contribution is -2.24. The molecule has 0 aliphatic carbocycles. The van der Waals surface area contributed by atoms with Crippen molar-refractivity contribution >= 4 is 0 Å². The van der Waals surface area contributed by atoms with Gasteiger partial charge in [-0.25, -0.2) is 0 Å². The average Bonchev–Trinajstić information content (AvgIpc) is 2.59. The topological polar surface area (TPSA) is 56.5 Å². The molecule has 17 heavy (non-hydrogen) atoms. The summed E-state index contributed by atoms with van der Waals surface area (Å²) in [6.07, 6.45) is 1.93. The maximum atomic E-state index is 5.65. The van der Waals surface area contributed by atoms with Gasteiger partial charge in [0.2, 0.25) is 0 Å². The van der Waals surface area contributed by atoms with E-state index in [4.69, 9.17) is 15.2 Å². The molecule has 1 aliphatic heterocycles. The first-order chi connectivity index (χ1) is 8.40. The van der Waals surface area contributed by atoms with Crippen LogP contribution in [0.2, 0.25) is 0 Å². The van der Waals surface area contributed by atoms with Crippen molar-refractivity contribution < 1.29 is 9.47 Å². The van der Waals surface area contributed by atoms with E-state index in [9.17, 15) is 0 Å². The van der Waals surface area contributed by atoms with Gasteiger partial charge in [0.05, 0.1) is 13.2 Å². The zero-order valence-corrected chi connectivity index (χ0v) is 10.1. The van der Waals surface area contributed by atoms with Gasteiger partial charge < -0.3 is 20.5 Å². The van der Waals surface area contributed by atoms with Crippen LogP contribution >= 0.6 is 0 Å². The first kappa shape index (κ1) is 12.2. The summed E-state index contributed by atoms with van der Waals surface area (Å²) in [5, 5.41) is 3.28. The summed E-state index contributed by atoms with van der Waals surface area (Å²) in [4.78, 5) is 0. The molecule has 0 saturated carbocycles. The Hall–Kier alpha value is -1.26. The number of rotatable bonds is 5. The smallest absolute Gasteiger partial charge is 0.161 e. The molecule has 4 heteroatoms. The van der Waals surface area contributed by atoms with Gasteiger partial charge in [0.1, 0.15) is 0 Å². The second-order valence-electron chi connectivity index (χ2n) is 4.12. The molecule has 0 bridgehead atoms. The molecule has 0 spiro atoms. The van der Waals surface area contributed by atoms with Crippen molar-refractivity contribution in [2.45, 2.75) is 12.8 Å². The molecule has 1 aromatic carbocycles. The zero-order chi connectivity index (χ0) is 11.9. The summed E-state index contributed by atoms with van der Waals surface area (Å²) in [6.45, 7) is 3.97. The first-order valence-electron chi connectivity index (χ1n) is 6.19. The highest BCUT2D eigenvalue weighted by Crippen LogP contribution is 2.30. The third-order valence-electron chi connectivity index (χ3n) is 2.72. The lowest BCUT2D eigenvalue weighted by molar-refractivity contribution is 0.297. The Morgan fingerprint density at radius 2 is 1.94 bits per heavy atom. The number of nitrogens with two attached hydrogens (primary N) is 1. The molecule has 0 unspecified atom stereocenters. The Bertz CT molecular complexity index is 355. The molecule has 0 aromatic heterocycles. The van der Waals surface area contributed by atoms with Crippen LogP contribution in [0.25, 0.3) is 0 Å². The number of benzene rings is 1. The maximum Gasteiger partial charge on any atom is 0.161 e. The molecule has 1 heterocycles.